The maximum Gasteiger partial charge on any atom is 0.290 e. The van der Waals surface area contributed by atoms with Gasteiger partial charge in [0.2, 0.25) is 0 Å². The van der Waals surface area contributed by atoms with Crippen LogP contribution in [0.15, 0.2) is 34.1 Å². The second-order valence-electron chi connectivity index (χ2n) is 6.79. The average molecular weight is 333 g/mol. The van der Waals surface area contributed by atoms with E-state index >= 15 is 0 Å². The van der Waals surface area contributed by atoms with Gasteiger partial charge in [0.1, 0.15) is 11.8 Å². The van der Waals surface area contributed by atoms with E-state index < -0.39 is 17.7 Å². The average Bonchev–Trinajstić information content (AvgIpc) is 3.24. The van der Waals surface area contributed by atoms with Crippen molar-refractivity contribution in [3.05, 3.63) is 35.5 Å². The summed E-state index contributed by atoms with van der Waals surface area (Å²) in [5.74, 6) is -0.582. The van der Waals surface area contributed by atoms with Crippen LogP contribution in [0, 0.1) is 5.92 Å². The van der Waals surface area contributed by atoms with Crippen molar-refractivity contribution in [2.75, 3.05) is 13.2 Å². The van der Waals surface area contributed by atoms with Crippen molar-refractivity contribution in [1.29, 1.82) is 0 Å². The number of furan rings is 1. The molecule has 3 rings (SSSR count). The standard InChI is InChI=1S/C18H23NO5/c1-11(2)9-13(20)15-16(14-6-4-8-24-14)19(18(22)17(15)21)10-12-5-3-7-23-12/h4,6,8,11-12,16,21H,3,5,7,9-10H2,1-2H3. The fraction of sp³-hybridized carbons (Fsp3) is 0.556. The number of ether oxygens (including phenoxy) is 1. The third kappa shape index (κ3) is 3.11. The summed E-state index contributed by atoms with van der Waals surface area (Å²) in [6.45, 7) is 4.88. The van der Waals surface area contributed by atoms with E-state index in [0.29, 0.717) is 18.9 Å². The highest BCUT2D eigenvalue weighted by molar-refractivity contribution is 6.08. The summed E-state index contributed by atoms with van der Waals surface area (Å²) in [4.78, 5) is 26.7. The Morgan fingerprint density at radius 2 is 2.25 bits per heavy atom. The van der Waals surface area contributed by atoms with Gasteiger partial charge in [0.25, 0.3) is 5.91 Å². The maximum atomic E-state index is 12.6. The minimum atomic E-state index is -0.678. The molecule has 0 aliphatic carbocycles. The van der Waals surface area contributed by atoms with Crippen molar-refractivity contribution in [2.45, 2.75) is 45.3 Å². The van der Waals surface area contributed by atoms with Crippen LogP contribution in [0.2, 0.25) is 0 Å². The molecule has 0 spiro atoms. The van der Waals surface area contributed by atoms with Crippen LogP contribution in [-0.2, 0) is 14.3 Å². The fourth-order valence-corrected chi connectivity index (χ4v) is 3.36. The Morgan fingerprint density at radius 1 is 1.46 bits per heavy atom. The number of ketones is 1. The number of hydrogen-bond acceptors (Lipinski definition) is 5. The summed E-state index contributed by atoms with van der Waals surface area (Å²) < 4.78 is 11.1. The SMILES string of the molecule is CC(C)CC(=O)C1=C(O)C(=O)N(CC2CCCO2)C1c1ccco1. The molecule has 1 fully saturated rings. The molecule has 130 valence electrons. The summed E-state index contributed by atoms with van der Waals surface area (Å²) in [6.07, 6.45) is 3.53. The van der Waals surface area contributed by atoms with Crippen molar-refractivity contribution in [2.24, 2.45) is 5.92 Å². The molecule has 3 heterocycles. The Bertz CT molecular complexity index is 640. The number of amides is 1. The number of nitrogens with zero attached hydrogens (tertiary/aromatic N) is 1. The third-order valence-corrected chi connectivity index (χ3v) is 4.43. The first-order chi connectivity index (χ1) is 11.5. The first-order valence-corrected chi connectivity index (χ1v) is 8.41. The Balaban J connectivity index is 1.93. The normalized spacial score (nSPS) is 24.5. The van der Waals surface area contributed by atoms with Gasteiger partial charge in [-0.3, -0.25) is 9.59 Å². The molecule has 2 aliphatic heterocycles. The van der Waals surface area contributed by atoms with Crippen LogP contribution in [0.4, 0.5) is 0 Å². The van der Waals surface area contributed by atoms with Gasteiger partial charge in [-0.25, -0.2) is 0 Å². The van der Waals surface area contributed by atoms with Gasteiger partial charge in [-0.15, -0.1) is 0 Å². The van der Waals surface area contributed by atoms with Crippen molar-refractivity contribution >= 4 is 11.7 Å². The highest BCUT2D eigenvalue weighted by Gasteiger charge is 2.45. The molecule has 1 amide bonds. The van der Waals surface area contributed by atoms with Gasteiger partial charge in [0.05, 0.1) is 17.9 Å². The number of aliphatic hydroxyl groups is 1. The number of hydrogen-bond donors (Lipinski definition) is 1. The van der Waals surface area contributed by atoms with E-state index in [1.54, 1.807) is 12.1 Å². The topological polar surface area (TPSA) is 80.0 Å². The summed E-state index contributed by atoms with van der Waals surface area (Å²) in [7, 11) is 0. The lowest BCUT2D eigenvalue weighted by atomic mass is 9.95. The van der Waals surface area contributed by atoms with E-state index in [4.69, 9.17) is 9.15 Å². The van der Waals surface area contributed by atoms with Gasteiger partial charge < -0.3 is 19.2 Å². The maximum absolute atomic E-state index is 12.6. The lowest BCUT2D eigenvalue weighted by molar-refractivity contribution is -0.131. The Hall–Kier alpha value is -2.08. The van der Waals surface area contributed by atoms with Gasteiger partial charge in [0.15, 0.2) is 11.5 Å². The summed E-state index contributed by atoms with van der Waals surface area (Å²) in [5.41, 5.74) is 0.140. The van der Waals surface area contributed by atoms with Gasteiger partial charge in [-0.2, -0.15) is 0 Å². The van der Waals surface area contributed by atoms with E-state index in [9.17, 15) is 14.7 Å². The predicted octanol–water partition coefficient (Wildman–Crippen LogP) is 2.77. The van der Waals surface area contributed by atoms with E-state index in [1.165, 1.54) is 11.2 Å². The van der Waals surface area contributed by atoms with E-state index in [-0.39, 0.29) is 29.8 Å². The smallest absolute Gasteiger partial charge is 0.290 e. The lowest BCUT2D eigenvalue weighted by Crippen LogP contribution is -2.37. The molecule has 1 aromatic rings. The zero-order valence-corrected chi connectivity index (χ0v) is 14.0. The molecular formula is C18H23NO5. The number of carbonyl (C=O) groups excluding carboxylic acids is 2. The molecule has 2 atom stereocenters. The zero-order chi connectivity index (χ0) is 17.3. The van der Waals surface area contributed by atoms with Crippen molar-refractivity contribution in [1.82, 2.24) is 4.90 Å². The minimum absolute atomic E-state index is 0.0706. The molecule has 2 aliphatic rings. The van der Waals surface area contributed by atoms with E-state index in [2.05, 4.69) is 0 Å². The van der Waals surface area contributed by atoms with Gasteiger partial charge in [0, 0.05) is 19.6 Å². The van der Waals surface area contributed by atoms with Crippen LogP contribution in [0.1, 0.15) is 44.9 Å². The third-order valence-electron chi connectivity index (χ3n) is 4.43. The second-order valence-corrected chi connectivity index (χ2v) is 6.79. The largest absolute Gasteiger partial charge is 0.503 e. The molecule has 6 nitrogen and oxygen atoms in total. The molecule has 6 heteroatoms. The molecule has 1 aromatic heterocycles. The minimum Gasteiger partial charge on any atom is -0.503 e. The second kappa shape index (κ2) is 6.81. The van der Waals surface area contributed by atoms with E-state index in [0.717, 1.165) is 12.8 Å². The summed E-state index contributed by atoms with van der Waals surface area (Å²) >= 11 is 0. The Kier molecular flexibility index (Phi) is 4.76. The van der Waals surface area contributed by atoms with E-state index in [1.807, 2.05) is 13.8 Å². The molecule has 0 saturated carbocycles. The molecule has 1 N–H and O–H groups in total. The number of rotatable bonds is 6. The zero-order valence-electron chi connectivity index (χ0n) is 14.0. The Morgan fingerprint density at radius 3 is 2.83 bits per heavy atom. The first kappa shape index (κ1) is 16.8. The van der Waals surface area contributed by atoms with Crippen LogP contribution in [0.5, 0.6) is 0 Å². The highest BCUT2D eigenvalue weighted by atomic mass is 16.5. The van der Waals surface area contributed by atoms with Crippen LogP contribution in [0.25, 0.3) is 0 Å². The number of aliphatic hydroxyl groups excluding tert-OH is 1. The molecule has 24 heavy (non-hydrogen) atoms. The van der Waals surface area contributed by atoms with Gasteiger partial charge >= 0.3 is 0 Å². The fourth-order valence-electron chi connectivity index (χ4n) is 3.36. The van der Waals surface area contributed by atoms with Crippen LogP contribution >= 0.6 is 0 Å². The quantitative estimate of drug-likeness (QED) is 0.866. The van der Waals surface area contributed by atoms with Crippen molar-refractivity contribution in [3.63, 3.8) is 0 Å². The number of carbonyl (C=O) groups is 2. The van der Waals surface area contributed by atoms with Crippen molar-refractivity contribution < 1.29 is 23.8 Å². The molecule has 0 aromatic carbocycles. The lowest BCUT2D eigenvalue weighted by Gasteiger charge is -2.27. The van der Waals surface area contributed by atoms with Crippen LogP contribution in [-0.4, -0.2) is 41.0 Å². The summed E-state index contributed by atoms with van der Waals surface area (Å²) in [5, 5.41) is 10.3. The summed E-state index contributed by atoms with van der Waals surface area (Å²) in [6, 6.07) is 2.76. The van der Waals surface area contributed by atoms with Gasteiger partial charge in [-0.1, -0.05) is 13.8 Å². The van der Waals surface area contributed by atoms with Crippen molar-refractivity contribution in [3.8, 4) is 0 Å². The highest BCUT2D eigenvalue weighted by Crippen LogP contribution is 2.39. The molecule has 0 bridgehead atoms. The molecule has 1 saturated heterocycles. The first-order valence-electron chi connectivity index (χ1n) is 8.41. The van der Waals surface area contributed by atoms with Crippen LogP contribution in [0.3, 0.4) is 0 Å². The Labute approximate surface area is 141 Å². The van der Waals surface area contributed by atoms with Gasteiger partial charge in [-0.05, 0) is 30.9 Å². The predicted molar refractivity (Wildman–Crippen MR) is 86.3 cm³/mol. The number of Topliss-reactive ketones (excluding diaryl/α,β-unsaturated/α-hetero) is 1. The molecular weight excluding hydrogens is 310 g/mol. The monoisotopic (exact) mass is 333 g/mol. The molecule has 0 radical (unpaired) electrons. The molecule has 2 unspecified atom stereocenters. The van der Waals surface area contributed by atoms with Crippen LogP contribution < -0.4 is 0 Å².